The van der Waals surface area contributed by atoms with Crippen molar-refractivity contribution in [3.05, 3.63) is 76.1 Å². The van der Waals surface area contributed by atoms with Gasteiger partial charge in [0.25, 0.3) is 11.7 Å². The fourth-order valence-electron chi connectivity index (χ4n) is 3.62. The van der Waals surface area contributed by atoms with Crippen molar-refractivity contribution in [2.24, 2.45) is 0 Å². The molecule has 0 saturated carbocycles. The molecule has 0 aliphatic carbocycles. The molecule has 2 aromatic rings. The number of Topliss-reactive ketones (excluding diaryl/α,β-unsaturated/α-hetero) is 1. The van der Waals surface area contributed by atoms with Crippen molar-refractivity contribution in [1.29, 1.82) is 0 Å². The van der Waals surface area contributed by atoms with E-state index < -0.39 is 23.5 Å². The molecule has 1 saturated heterocycles. The summed E-state index contributed by atoms with van der Waals surface area (Å²) in [6, 6.07) is 10.4. The molecule has 1 aliphatic heterocycles. The highest BCUT2D eigenvalue weighted by atomic mass is 19.1. The Bertz CT molecular complexity index is 965. The number of methoxy groups -OCH3 is 1. The van der Waals surface area contributed by atoms with E-state index in [1.807, 2.05) is 26.0 Å². The Labute approximate surface area is 169 Å². The number of nitrogens with zero attached hydrogens (tertiary/aromatic N) is 1. The topological polar surface area (TPSA) is 66.8 Å². The lowest BCUT2D eigenvalue weighted by molar-refractivity contribution is -0.140. The Morgan fingerprint density at radius 3 is 2.48 bits per heavy atom. The van der Waals surface area contributed by atoms with Gasteiger partial charge in [-0.15, -0.1) is 0 Å². The molecule has 152 valence electrons. The lowest BCUT2D eigenvalue weighted by Crippen LogP contribution is -2.31. The van der Waals surface area contributed by atoms with Crippen molar-refractivity contribution in [3.8, 4) is 0 Å². The molecule has 0 spiro atoms. The zero-order valence-corrected chi connectivity index (χ0v) is 16.7. The Morgan fingerprint density at radius 1 is 1.14 bits per heavy atom. The number of carbonyl (C=O) groups is 2. The molecule has 6 heteroatoms. The van der Waals surface area contributed by atoms with Crippen molar-refractivity contribution in [1.82, 2.24) is 4.90 Å². The Hall–Kier alpha value is -2.99. The first kappa shape index (κ1) is 20.7. The van der Waals surface area contributed by atoms with Crippen molar-refractivity contribution in [2.45, 2.75) is 26.3 Å². The van der Waals surface area contributed by atoms with Crippen LogP contribution in [-0.4, -0.2) is 42.0 Å². The maximum atomic E-state index is 13.5. The number of aliphatic hydroxyl groups excluding tert-OH is 1. The molecule has 1 aliphatic rings. The Kier molecular flexibility index (Phi) is 6.13. The summed E-state index contributed by atoms with van der Waals surface area (Å²) in [5, 5.41) is 11.1. The molecule has 1 atom stereocenters. The van der Waals surface area contributed by atoms with Crippen LogP contribution in [0.5, 0.6) is 0 Å². The van der Waals surface area contributed by atoms with E-state index in [0.717, 1.165) is 11.1 Å². The highest BCUT2D eigenvalue weighted by Gasteiger charge is 2.45. The predicted octanol–water partition coefficient (Wildman–Crippen LogP) is 3.90. The van der Waals surface area contributed by atoms with Gasteiger partial charge in [0.05, 0.1) is 11.6 Å². The van der Waals surface area contributed by atoms with Crippen LogP contribution in [0.2, 0.25) is 0 Å². The summed E-state index contributed by atoms with van der Waals surface area (Å²) in [5.41, 5.74) is 2.80. The number of aryl methyl sites for hydroxylation is 2. The molecule has 1 unspecified atom stereocenters. The Balaban J connectivity index is 2.16. The molecule has 1 fully saturated rings. The number of aliphatic hydroxyl groups is 1. The zero-order valence-electron chi connectivity index (χ0n) is 16.7. The molecule has 0 radical (unpaired) electrons. The molecular weight excluding hydrogens is 373 g/mol. The SMILES string of the molecule is COCCCN1C(=O)C(=O)/C(=C(/O)c2cc(C)ccc2C)C1c1ccc(F)cc1. The third-order valence-electron chi connectivity index (χ3n) is 5.12. The van der Waals surface area contributed by atoms with E-state index in [-0.39, 0.29) is 17.9 Å². The molecule has 3 rings (SSSR count). The zero-order chi connectivity index (χ0) is 21.1. The summed E-state index contributed by atoms with van der Waals surface area (Å²) in [5.74, 6) is -2.05. The van der Waals surface area contributed by atoms with Gasteiger partial charge in [-0.1, -0.05) is 29.8 Å². The van der Waals surface area contributed by atoms with Crippen molar-refractivity contribution < 1.29 is 23.8 Å². The number of benzene rings is 2. The van der Waals surface area contributed by atoms with E-state index in [1.54, 1.807) is 13.2 Å². The van der Waals surface area contributed by atoms with E-state index in [0.29, 0.717) is 24.2 Å². The minimum atomic E-state index is -0.785. The van der Waals surface area contributed by atoms with Crippen LogP contribution in [-0.2, 0) is 14.3 Å². The van der Waals surface area contributed by atoms with Gasteiger partial charge >= 0.3 is 0 Å². The summed E-state index contributed by atoms with van der Waals surface area (Å²) in [6.07, 6.45) is 0.532. The highest BCUT2D eigenvalue weighted by molar-refractivity contribution is 6.46. The van der Waals surface area contributed by atoms with Gasteiger partial charge in [-0.2, -0.15) is 0 Å². The van der Waals surface area contributed by atoms with Gasteiger partial charge in [0, 0.05) is 25.8 Å². The molecule has 1 heterocycles. The van der Waals surface area contributed by atoms with E-state index in [1.165, 1.54) is 29.2 Å². The van der Waals surface area contributed by atoms with Crippen LogP contribution in [0, 0.1) is 19.7 Å². The minimum absolute atomic E-state index is 0.0210. The van der Waals surface area contributed by atoms with Gasteiger partial charge in [0.2, 0.25) is 0 Å². The summed E-state index contributed by atoms with van der Waals surface area (Å²) in [7, 11) is 1.56. The second-order valence-electron chi connectivity index (χ2n) is 7.21. The maximum Gasteiger partial charge on any atom is 0.295 e. The maximum absolute atomic E-state index is 13.5. The van der Waals surface area contributed by atoms with Gasteiger partial charge in [-0.3, -0.25) is 9.59 Å². The molecular formula is C23H24FNO4. The van der Waals surface area contributed by atoms with Crippen LogP contribution in [0.15, 0.2) is 48.0 Å². The molecule has 1 amide bonds. The van der Waals surface area contributed by atoms with E-state index in [9.17, 15) is 19.1 Å². The van der Waals surface area contributed by atoms with Crippen LogP contribution in [0.4, 0.5) is 4.39 Å². The highest BCUT2D eigenvalue weighted by Crippen LogP contribution is 2.40. The smallest absolute Gasteiger partial charge is 0.295 e. The first-order valence-corrected chi connectivity index (χ1v) is 9.45. The third-order valence-corrected chi connectivity index (χ3v) is 5.12. The van der Waals surface area contributed by atoms with Gasteiger partial charge < -0.3 is 14.7 Å². The van der Waals surface area contributed by atoms with Crippen LogP contribution < -0.4 is 0 Å². The number of ether oxygens (including phenoxy) is 1. The van der Waals surface area contributed by atoms with Crippen LogP contribution in [0.3, 0.4) is 0 Å². The Morgan fingerprint density at radius 2 is 1.83 bits per heavy atom. The minimum Gasteiger partial charge on any atom is -0.507 e. The van der Waals surface area contributed by atoms with E-state index in [4.69, 9.17) is 4.74 Å². The normalized spacial score (nSPS) is 18.5. The van der Waals surface area contributed by atoms with Gasteiger partial charge in [0.1, 0.15) is 11.6 Å². The number of amides is 1. The average Bonchev–Trinajstić information content (AvgIpc) is 2.95. The first-order chi connectivity index (χ1) is 13.8. The molecule has 2 aromatic carbocycles. The molecule has 5 nitrogen and oxygen atoms in total. The third kappa shape index (κ3) is 4.07. The average molecular weight is 397 g/mol. The number of hydrogen-bond donors (Lipinski definition) is 1. The van der Waals surface area contributed by atoms with Crippen molar-refractivity contribution >= 4 is 17.4 Å². The summed E-state index contributed by atoms with van der Waals surface area (Å²) < 4.78 is 18.5. The number of ketones is 1. The summed E-state index contributed by atoms with van der Waals surface area (Å²) in [6.45, 7) is 4.42. The molecule has 0 aromatic heterocycles. The number of halogens is 1. The molecule has 0 bridgehead atoms. The van der Waals surface area contributed by atoms with Crippen LogP contribution >= 0.6 is 0 Å². The number of rotatable bonds is 6. The molecule has 29 heavy (non-hydrogen) atoms. The number of hydrogen-bond acceptors (Lipinski definition) is 4. The lowest BCUT2D eigenvalue weighted by Gasteiger charge is -2.25. The predicted molar refractivity (Wildman–Crippen MR) is 108 cm³/mol. The van der Waals surface area contributed by atoms with E-state index in [2.05, 4.69) is 0 Å². The number of carbonyl (C=O) groups excluding carboxylic acids is 2. The summed E-state index contributed by atoms with van der Waals surface area (Å²) >= 11 is 0. The van der Waals surface area contributed by atoms with Crippen molar-refractivity contribution in [2.75, 3.05) is 20.3 Å². The first-order valence-electron chi connectivity index (χ1n) is 9.45. The number of likely N-dealkylation sites (tertiary alicyclic amines) is 1. The quantitative estimate of drug-likeness (QED) is 0.347. The van der Waals surface area contributed by atoms with Gasteiger partial charge in [0.15, 0.2) is 0 Å². The van der Waals surface area contributed by atoms with Gasteiger partial charge in [-0.05, 0) is 49.6 Å². The largest absolute Gasteiger partial charge is 0.507 e. The van der Waals surface area contributed by atoms with Crippen molar-refractivity contribution in [3.63, 3.8) is 0 Å². The summed E-state index contributed by atoms with van der Waals surface area (Å²) in [4.78, 5) is 27.1. The fourth-order valence-corrected chi connectivity index (χ4v) is 3.62. The van der Waals surface area contributed by atoms with Crippen LogP contribution in [0.25, 0.3) is 5.76 Å². The van der Waals surface area contributed by atoms with E-state index >= 15 is 0 Å². The fraction of sp³-hybridized carbons (Fsp3) is 0.304. The standard InChI is InChI=1S/C23H24FNO4/c1-14-5-6-15(2)18(13-14)21(26)19-20(16-7-9-17(24)10-8-16)25(11-4-12-29-3)23(28)22(19)27/h5-10,13,20,26H,4,11-12H2,1-3H3/b21-19+. The van der Waals surface area contributed by atoms with Crippen LogP contribution in [0.1, 0.15) is 34.7 Å². The van der Waals surface area contributed by atoms with Gasteiger partial charge in [-0.25, -0.2) is 4.39 Å². The second kappa shape index (κ2) is 8.57. The lowest BCUT2D eigenvalue weighted by atomic mass is 9.93. The molecule has 1 N–H and O–H groups in total. The second-order valence-corrected chi connectivity index (χ2v) is 7.21. The monoisotopic (exact) mass is 397 g/mol.